The minimum Gasteiger partial charge on any atom is -0.506 e. The van der Waals surface area contributed by atoms with Gasteiger partial charge in [-0.15, -0.1) is 0 Å². The summed E-state index contributed by atoms with van der Waals surface area (Å²) in [4.78, 5) is 8.79. The van der Waals surface area contributed by atoms with Gasteiger partial charge in [0, 0.05) is 20.3 Å². The fourth-order valence-corrected chi connectivity index (χ4v) is 2.30. The number of nitro groups is 1. The molecule has 0 aromatic heterocycles. The number of benzene rings is 1. The van der Waals surface area contributed by atoms with Crippen LogP contribution in [0.4, 0.5) is 5.69 Å². The number of rotatable bonds is 4. The van der Waals surface area contributed by atoms with E-state index in [1.54, 1.807) is 14.2 Å². The number of aromatic hydroxyl groups is 2. The molecule has 10 heteroatoms. The lowest BCUT2D eigenvalue weighted by atomic mass is 10.3. The topological polar surface area (TPSA) is 147 Å². The standard InChI is InChI=1S/C8H9NO7S.C2H6O/c10-1-2-17(15,16)8-4-6(11)5(9(13)14)3-7(8)12;1-3-2/h3-4,10-12H,1-2H2;1-2H3. The van der Waals surface area contributed by atoms with Gasteiger partial charge < -0.3 is 20.1 Å². The first-order chi connectivity index (χ1) is 9.21. The summed E-state index contributed by atoms with van der Waals surface area (Å²) in [5.41, 5.74) is -0.801. The molecule has 3 N–H and O–H groups in total. The van der Waals surface area contributed by atoms with Gasteiger partial charge in [0.15, 0.2) is 15.6 Å². The molecule has 0 saturated carbocycles. The van der Waals surface area contributed by atoms with Crippen LogP contribution in [0.15, 0.2) is 17.0 Å². The number of sulfone groups is 1. The summed E-state index contributed by atoms with van der Waals surface area (Å²) in [6.45, 7) is -0.667. The summed E-state index contributed by atoms with van der Waals surface area (Å²) in [6.07, 6.45) is 0. The fourth-order valence-electron chi connectivity index (χ4n) is 1.17. The highest BCUT2D eigenvalue weighted by Crippen LogP contribution is 2.35. The second kappa shape index (κ2) is 7.62. The Labute approximate surface area is 115 Å². The normalized spacial score (nSPS) is 10.6. The third-order valence-corrected chi connectivity index (χ3v) is 3.67. The average molecular weight is 309 g/mol. The van der Waals surface area contributed by atoms with Crippen molar-refractivity contribution < 1.29 is 33.4 Å². The lowest BCUT2D eigenvalue weighted by Gasteiger charge is -2.06. The average Bonchev–Trinajstić information content (AvgIpc) is 2.32. The Morgan fingerprint density at radius 2 is 1.75 bits per heavy atom. The molecule has 20 heavy (non-hydrogen) atoms. The molecule has 114 valence electrons. The van der Waals surface area contributed by atoms with Gasteiger partial charge in [0.1, 0.15) is 10.6 Å². The van der Waals surface area contributed by atoms with Crippen molar-refractivity contribution >= 4 is 15.5 Å². The maximum Gasteiger partial charge on any atom is 0.314 e. The predicted octanol–water partition coefficient (Wildman–Crippen LogP) is 0.0346. The SMILES string of the molecule is COC.O=[N+]([O-])c1cc(O)c(S(=O)(=O)CCO)cc1O. The Bertz CT molecular complexity index is 569. The lowest BCUT2D eigenvalue weighted by molar-refractivity contribution is -0.386. The highest BCUT2D eigenvalue weighted by Gasteiger charge is 2.24. The van der Waals surface area contributed by atoms with E-state index < -0.39 is 49.2 Å². The first kappa shape index (κ1) is 18.1. The van der Waals surface area contributed by atoms with E-state index in [4.69, 9.17) is 5.11 Å². The van der Waals surface area contributed by atoms with Crippen molar-refractivity contribution in [1.82, 2.24) is 0 Å². The van der Waals surface area contributed by atoms with Crippen molar-refractivity contribution in [3.8, 4) is 11.5 Å². The van der Waals surface area contributed by atoms with Crippen molar-refractivity contribution in [3.63, 3.8) is 0 Å². The monoisotopic (exact) mass is 309 g/mol. The minimum atomic E-state index is -3.99. The van der Waals surface area contributed by atoms with Crippen molar-refractivity contribution in [1.29, 1.82) is 0 Å². The molecule has 0 atom stereocenters. The first-order valence-corrected chi connectivity index (χ1v) is 6.80. The van der Waals surface area contributed by atoms with Crippen molar-refractivity contribution in [2.75, 3.05) is 26.6 Å². The van der Waals surface area contributed by atoms with Gasteiger partial charge >= 0.3 is 5.69 Å². The third kappa shape index (κ3) is 4.64. The third-order valence-electron chi connectivity index (χ3n) is 1.95. The molecule has 0 radical (unpaired) electrons. The van der Waals surface area contributed by atoms with Gasteiger partial charge in [-0.2, -0.15) is 0 Å². The van der Waals surface area contributed by atoms with Crippen LogP contribution in [-0.4, -0.2) is 55.2 Å². The van der Waals surface area contributed by atoms with E-state index in [0.29, 0.717) is 12.1 Å². The molecule has 0 aliphatic heterocycles. The summed E-state index contributed by atoms with van der Waals surface area (Å²) in [5.74, 6) is -2.37. The largest absolute Gasteiger partial charge is 0.506 e. The highest BCUT2D eigenvalue weighted by molar-refractivity contribution is 7.91. The number of nitrogens with zero attached hydrogens (tertiary/aromatic N) is 1. The van der Waals surface area contributed by atoms with Crippen LogP contribution in [0.1, 0.15) is 0 Å². The van der Waals surface area contributed by atoms with Crippen LogP contribution >= 0.6 is 0 Å². The van der Waals surface area contributed by atoms with Gasteiger partial charge in [0.2, 0.25) is 0 Å². The number of phenolic OH excluding ortho intramolecular Hbond substituents is 2. The fraction of sp³-hybridized carbons (Fsp3) is 0.400. The number of phenols is 2. The van der Waals surface area contributed by atoms with Crippen LogP contribution < -0.4 is 0 Å². The van der Waals surface area contributed by atoms with Crippen molar-refractivity contribution in [2.24, 2.45) is 0 Å². The quantitative estimate of drug-likeness (QED) is 0.401. The number of methoxy groups -OCH3 is 1. The Morgan fingerprint density at radius 3 is 2.15 bits per heavy atom. The Kier molecular flexibility index (Phi) is 6.90. The zero-order valence-corrected chi connectivity index (χ0v) is 11.6. The van der Waals surface area contributed by atoms with Gasteiger partial charge in [0.05, 0.1) is 23.3 Å². The molecule has 1 aromatic carbocycles. The van der Waals surface area contributed by atoms with Gasteiger partial charge in [-0.25, -0.2) is 8.42 Å². The van der Waals surface area contributed by atoms with Crippen molar-refractivity contribution in [3.05, 3.63) is 22.2 Å². The molecule has 0 fully saturated rings. The van der Waals surface area contributed by atoms with Crippen LogP contribution in [0.3, 0.4) is 0 Å². The molecule has 0 spiro atoms. The predicted molar refractivity (Wildman–Crippen MR) is 68.5 cm³/mol. The van der Waals surface area contributed by atoms with Crippen LogP contribution in [-0.2, 0) is 14.6 Å². The van der Waals surface area contributed by atoms with Crippen molar-refractivity contribution in [2.45, 2.75) is 4.90 Å². The van der Waals surface area contributed by atoms with E-state index in [1.165, 1.54) is 0 Å². The summed E-state index contributed by atoms with van der Waals surface area (Å²) in [5, 5.41) is 37.5. The summed E-state index contributed by atoms with van der Waals surface area (Å²) < 4.78 is 27.2. The van der Waals surface area contributed by atoms with Gasteiger partial charge in [-0.1, -0.05) is 0 Å². The molecule has 1 rings (SSSR count). The van der Waals surface area contributed by atoms with Crippen LogP contribution in [0.25, 0.3) is 0 Å². The molecule has 0 bridgehead atoms. The minimum absolute atomic E-state index is 0.541. The Morgan fingerprint density at radius 1 is 1.25 bits per heavy atom. The molecule has 9 nitrogen and oxygen atoms in total. The number of ether oxygens (including phenoxy) is 1. The molecule has 0 heterocycles. The maximum absolute atomic E-state index is 11.5. The van der Waals surface area contributed by atoms with E-state index in [0.717, 1.165) is 0 Å². The van der Waals surface area contributed by atoms with E-state index in [-0.39, 0.29) is 0 Å². The van der Waals surface area contributed by atoms with E-state index in [2.05, 4.69) is 4.74 Å². The number of hydrogen-bond acceptors (Lipinski definition) is 8. The highest BCUT2D eigenvalue weighted by atomic mass is 32.2. The zero-order valence-electron chi connectivity index (χ0n) is 10.8. The Hall–Kier alpha value is -1.91. The summed E-state index contributed by atoms with van der Waals surface area (Å²) in [7, 11) is -0.739. The molecular weight excluding hydrogens is 294 g/mol. The van der Waals surface area contributed by atoms with Crippen LogP contribution in [0.5, 0.6) is 11.5 Å². The van der Waals surface area contributed by atoms with Gasteiger partial charge in [-0.3, -0.25) is 10.1 Å². The van der Waals surface area contributed by atoms with Gasteiger partial charge in [-0.05, 0) is 0 Å². The number of nitro benzene ring substituents is 1. The molecule has 0 aliphatic rings. The van der Waals surface area contributed by atoms with Crippen LogP contribution in [0.2, 0.25) is 0 Å². The molecule has 0 saturated heterocycles. The lowest BCUT2D eigenvalue weighted by Crippen LogP contribution is -2.10. The maximum atomic E-state index is 11.5. The second-order valence-electron chi connectivity index (χ2n) is 3.52. The van der Waals surface area contributed by atoms with Crippen LogP contribution in [0, 0.1) is 10.1 Å². The Balaban J connectivity index is 0.00000110. The molecule has 0 aliphatic carbocycles. The molecular formula is C10H15NO8S. The second-order valence-corrected chi connectivity index (χ2v) is 5.59. The number of aliphatic hydroxyl groups excluding tert-OH is 1. The smallest absolute Gasteiger partial charge is 0.314 e. The number of hydrogen-bond donors (Lipinski definition) is 3. The summed E-state index contributed by atoms with van der Waals surface area (Å²) >= 11 is 0. The summed E-state index contributed by atoms with van der Waals surface area (Å²) in [6, 6.07) is 1.12. The van der Waals surface area contributed by atoms with E-state index >= 15 is 0 Å². The zero-order chi connectivity index (χ0) is 15.9. The first-order valence-electron chi connectivity index (χ1n) is 5.15. The van der Waals surface area contributed by atoms with Gasteiger partial charge in [0.25, 0.3) is 0 Å². The number of aliphatic hydroxyl groups is 1. The molecule has 1 aromatic rings. The molecule has 0 unspecified atom stereocenters. The van der Waals surface area contributed by atoms with E-state index in [9.17, 15) is 28.7 Å². The molecule has 0 amide bonds. The van der Waals surface area contributed by atoms with E-state index in [1.807, 2.05) is 0 Å².